The van der Waals surface area contributed by atoms with Crippen LogP contribution in [0.3, 0.4) is 0 Å². The molecule has 6 nitrogen and oxygen atoms in total. The van der Waals surface area contributed by atoms with E-state index < -0.39 is 17.3 Å². The molecule has 2 aliphatic carbocycles. The fraction of sp³-hybridized carbons (Fsp3) is 0.364. The summed E-state index contributed by atoms with van der Waals surface area (Å²) in [6, 6.07) is 15.1. The zero-order valence-electron chi connectivity index (χ0n) is 23.5. The molecule has 216 valence electrons. The van der Waals surface area contributed by atoms with Crippen LogP contribution in [0.4, 0.5) is 13.6 Å². The molecule has 1 aliphatic heterocycles. The van der Waals surface area contributed by atoms with Gasteiger partial charge in [-0.25, -0.2) is 9.78 Å². The molecule has 2 heterocycles. The van der Waals surface area contributed by atoms with Gasteiger partial charge < -0.3 is 9.72 Å². The van der Waals surface area contributed by atoms with Gasteiger partial charge >= 0.3 is 6.09 Å². The summed E-state index contributed by atoms with van der Waals surface area (Å²) < 4.78 is 37.1. The number of nitrogens with one attached hydrogen (secondary N) is 1. The van der Waals surface area contributed by atoms with E-state index in [1.54, 1.807) is 18.2 Å². The van der Waals surface area contributed by atoms with Crippen molar-refractivity contribution in [2.24, 2.45) is 5.92 Å². The van der Waals surface area contributed by atoms with Crippen molar-refractivity contribution < 1.29 is 23.1 Å². The zero-order valence-corrected chi connectivity index (χ0v) is 24.3. The molecule has 3 atom stereocenters. The van der Waals surface area contributed by atoms with E-state index in [1.807, 2.05) is 49.9 Å². The number of aromatic nitrogens is 2. The highest BCUT2D eigenvalue weighted by Gasteiger charge is 2.51. The SMILES string of the molecule is CC(C)(C)OC(=O)N1[C@@H]2CC[C@@H](C2)[C@H]1c1nc2ccc(-c3ccc4c(c3)C(F)(F)c3cc(C(=O)CCl)ccc3-4)cc2[nH]1. The summed E-state index contributed by atoms with van der Waals surface area (Å²) in [6.45, 7) is 5.60. The second kappa shape index (κ2) is 9.36. The Hall–Kier alpha value is -3.78. The van der Waals surface area contributed by atoms with Crippen LogP contribution in [0.1, 0.15) is 73.4 Å². The Morgan fingerprint density at radius 2 is 1.71 bits per heavy atom. The molecule has 0 unspecified atom stereocenters. The van der Waals surface area contributed by atoms with E-state index in [1.165, 1.54) is 12.1 Å². The first-order chi connectivity index (χ1) is 19.9. The van der Waals surface area contributed by atoms with Gasteiger partial charge in [-0.05, 0) is 92.5 Å². The Morgan fingerprint density at radius 1 is 1.02 bits per heavy atom. The minimum Gasteiger partial charge on any atom is -0.444 e. The number of alkyl halides is 3. The van der Waals surface area contributed by atoms with Gasteiger partial charge in [-0.1, -0.05) is 30.3 Å². The number of nitrogens with zero attached hydrogens (tertiary/aromatic N) is 2. The molecule has 9 heteroatoms. The van der Waals surface area contributed by atoms with Gasteiger partial charge in [0.1, 0.15) is 11.4 Å². The predicted octanol–water partition coefficient (Wildman–Crippen LogP) is 8.23. The minimum atomic E-state index is -3.25. The number of Topliss-reactive ketones (excluding diaryl/α,β-unsaturated/α-hetero) is 1. The number of ether oxygens (including phenoxy) is 1. The molecule has 3 aromatic carbocycles. The van der Waals surface area contributed by atoms with Gasteiger partial charge in [0, 0.05) is 22.7 Å². The molecule has 3 aliphatic rings. The molecule has 2 bridgehead atoms. The van der Waals surface area contributed by atoms with Crippen molar-refractivity contribution in [1.82, 2.24) is 14.9 Å². The number of likely N-dealkylation sites (tertiary alicyclic amines) is 1. The number of imidazole rings is 1. The van der Waals surface area contributed by atoms with Crippen LogP contribution in [0.25, 0.3) is 33.3 Å². The molecule has 1 saturated carbocycles. The summed E-state index contributed by atoms with van der Waals surface area (Å²) in [6.07, 6.45) is 2.60. The molecule has 1 amide bonds. The maximum absolute atomic E-state index is 15.7. The summed E-state index contributed by atoms with van der Waals surface area (Å²) in [4.78, 5) is 35.4. The highest BCUT2D eigenvalue weighted by molar-refractivity contribution is 6.30. The number of rotatable bonds is 4. The zero-order chi connectivity index (χ0) is 29.6. The fourth-order valence-corrected chi connectivity index (χ4v) is 7.07. The summed E-state index contributed by atoms with van der Waals surface area (Å²) >= 11 is 5.66. The number of carbonyl (C=O) groups excluding carboxylic acids is 2. The number of aromatic amines is 1. The Labute approximate surface area is 247 Å². The molecule has 0 spiro atoms. The van der Waals surface area contributed by atoms with Crippen molar-refractivity contribution in [3.63, 3.8) is 0 Å². The average molecular weight is 590 g/mol. The highest BCUT2D eigenvalue weighted by atomic mass is 35.5. The Balaban J connectivity index is 1.22. The third-order valence-corrected chi connectivity index (χ3v) is 9.00. The fourth-order valence-electron chi connectivity index (χ4n) is 6.92. The second-order valence-corrected chi connectivity index (χ2v) is 12.8. The first-order valence-electron chi connectivity index (χ1n) is 14.2. The molecule has 0 radical (unpaired) electrons. The van der Waals surface area contributed by atoms with Crippen LogP contribution in [0.2, 0.25) is 0 Å². The number of halogens is 3. The van der Waals surface area contributed by atoms with Gasteiger partial charge in [-0.15, -0.1) is 11.6 Å². The Kier molecular flexibility index (Phi) is 6.04. The smallest absolute Gasteiger partial charge is 0.411 e. The third-order valence-electron chi connectivity index (χ3n) is 8.75. The quantitative estimate of drug-likeness (QED) is 0.192. The largest absolute Gasteiger partial charge is 0.444 e. The van der Waals surface area contributed by atoms with Crippen molar-refractivity contribution >= 4 is 34.5 Å². The molecule has 1 aromatic heterocycles. The number of piperidine rings is 1. The van der Waals surface area contributed by atoms with Crippen LogP contribution in [-0.2, 0) is 10.7 Å². The lowest BCUT2D eigenvalue weighted by molar-refractivity contribution is 0.00621. The molecule has 2 fully saturated rings. The number of amides is 1. The first kappa shape index (κ1) is 27.1. The van der Waals surface area contributed by atoms with Crippen molar-refractivity contribution in [3.05, 3.63) is 77.1 Å². The summed E-state index contributed by atoms with van der Waals surface area (Å²) in [5.74, 6) is -2.87. The van der Waals surface area contributed by atoms with Crippen molar-refractivity contribution in [1.29, 1.82) is 0 Å². The van der Waals surface area contributed by atoms with Crippen LogP contribution < -0.4 is 0 Å². The van der Waals surface area contributed by atoms with Crippen molar-refractivity contribution in [2.45, 2.75) is 63.6 Å². The number of hydrogen-bond donors (Lipinski definition) is 1. The molecule has 1 N–H and O–H groups in total. The van der Waals surface area contributed by atoms with Crippen LogP contribution in [0.5, 0.6) is 0 Å². The molecule has 7 rings (SSSR count). The van der Waals surface area contributed by atoms with E-state index in [4.69, 9.17) is 21.3 Å². The maximum Gasteiger partial charge on any atom is 0.411 e. The van der Waals surface area contributed by atoms with Crippen LogP contribution in [-0.4, -0.2) is 44.3 Å². The predicted molar refractivity (Wildman–Crippen MR) is 157 cm³/mol. The van der Waals surface area contributed by atoms with E-state index in [0.29, 0.717) is 22.6 Å². The van der Waals surface area contributed by atoms with Crippen molar-refractivity contribution in [3.8, 4) is 22.3 Å². The van der Waals surface area contributed by atoms with E-state index in [9.17, 15) is 9.59 Å². The normalized spacial score (nSPS) is 22.0. The van der Waals surface area contributed by atoms with Gasteiger partial charge in [-0.2, -0.15) is 8.78 Å². The monoisotopic (exact) mass is 589 g/mol. The van der Waals surface area contributed by atoms with E-state index in [0.717, 1.165) is 41.7 Å². The van der Waals surface area contributed by atoms with Gasteiger partial charge in [0.25, 0.3) is 5.92 Å². The van der Waals surface area contributed by atoms with Gasteiger partial charge in [0.2, 0.25) is 0 Å². The topological polar surface area (TPSA) is 75.3 Å². The molecular formula is C33H30ClF2N3O3. The summed E-state index contributed by atoms with van der Waals surface area (Å²) in [5.41, 5.74) is 3.11. The number of carbonyl (C=O) groups is 2. The highest BCUT2D eigenvalue weighted by Crippen LogP contribution is 2.53. The van der Waals surface area contributed by atoms with E-state index in [-0.39, 0.29) is 40.7 Å². The van der Waals surface area contributed by atoms with Gasteiger partial charge in [-0.3, -0.25) is 9.69 Å². The van der Waals surface area contributed by atoms with Gasteiger partial charge in [0.05, 0.1) is 23.0 Å². The van der Waals surface area contributed by atoms with Crippen LogP contribution in [0, 0.1) is 5.92 Å². The molecular weight excluding hydrogens is 560 g/mol. The second-order valence-electron chi connectivity index (χ2n) is 12.6. The summed E-state index contributed by atoms with van der Waals surface area (Å²) in [7, 11) is 0. The van der Waals surface area contributed by atoms with E-state index >= 15 is 8.78 Å². The third kappa shape index (κ3) is 4.22. The summed E-state index contributed by atoms with van der Waals surface area (Å²) in [5, 5.41) is 0. The standard InChI is InChI=1S/C33H30ClF2N3O3/c1-32(2,3)42-31(41)39-21-8-4-20(12-21)29(39)30-37-26-11-7-18(15-27(26)38-30)17-5-9-22-23-10-6-19(28(40)16-34)14-25(23)33(35,36)24(22)13-17/h5-7,9-11,13-15,20-21,29H,4,8,12,16H2,1-3H3,(H,37,38)/t20-,21+,29-/m0/s1. The minimum absolute atomic E-state index is 0.0918. The number of ketones is 1. The Morgan fingerprint density at radius 3 is 2.45 bits per heavy atom. The lowest BCUT2D eigenvalue weighted by Crippen LogP contribution is -2.43. The first-order valence-corrected chi connectivity index (χ1v) is 14.8. The van der Waals surface area contributed by atoms with Crippen LogP contribution in [0.15, 0.2) is 54.6 Å². The number of hydrogen-bond acceptors (Lipinski definition) is 4. The van der Waals surface area contributed by atoms with Crippen LogP contribution >= 0.6 is 11.6 Å². The number of fused-ring (bicyclic) bond motifs is 6. The molecule has 4 aromatic rings. The average Bonchev–Trinajstić information content (AvgIpc) is 3.72. The lowest BCUT2D eigenvalue weighted by Gasteiger charge is -2.35. The molecule has 1 saturated heterocycles. The maximum atomic E-state index is 15.7. The number of benzene rings is 3. The van der Waals surface area contributed by atoms with Gasteiger partial charge in [0.15, 0.2) is 5.78 Å². The Bertz CT molecular complexity index is 1780. The lowest BCUT2D eigenvalue weighted by atomic mass is 9.98. The van der Waals surface area contributed by atoms with Crippen molar-refractivity contribution in [2.75, 3.05) is 5.88 Å². The number of H-pyrrole nitrogens is 1. The molecule has 42 heavy (non-hydrogen) atoms. The van der Waals surface area contributed by atoms with E-state index in [2.05, 4.69) is 4.98 Å².